The normalized spacial score (nSPS) is 11.8. The molecule has 0 aliphatic rings. The maximum atomic E-state index is 12.5. The number of ketones is 1. The number of carbonyl (C=O) groups is 1. The van der Waals surface area contributed by atoms with Crippen LogP contribution in [-0.2, 0) is 0 Å². The molecule has 164 valence electrons. The molecular weight excluding hydrogens is 416 g/mol. The van der Waals surface area contributed by atoms with Crippen LogP contribution in [0.5, 0.6) is 17.2 Å². The summed E-state index contributed by atoms with van der Waals surface area (Å²) in [5, 5.41) is 8.44. The number of methoxy groups -OCH3 is 3. The van der Waals surface area contributed by atoms with Gasteiger partial charge in [0.15, 0.2) is 17.3 Å². The number of thioether (sulfide) groups is 1. The summed E-state index contributed by atoms with van der Waals surface area (Å²) in [4.78, 5) is 12.5. The Balaban J connectivity index is 1.70. The fourth-order valence-corrected chi connectivity index (χ4v) is 3.69. The topological polar surface area (TPSA) is 83.7 Å². The summed E-state index contributed by atoms with van der Waals surface area (Å²) in [6.07, 6.45) is 1.06. The molecule has 0 saturated heterocycles. The Bertz CT molecular complexity index is 1010. The van der Waals surface area contributed by atoms with Crippen LogP contribution in [0.25, 0.3) is 11.5 Å². The number of benzene rings is 2. The van der Waals surface area contributed by atoms with Crippen molar-refractivity contribution in [2.24, 2.45) is 0 Å². The molecule has 1 unspecified atom stereocenters. The second kappa shape index (κ2) is 10.3. The quantitative estimate of drug-likeness (QED) is 0.311. The Morgan fingerprint density at radius 1 is 1.03 bits per heavy atom. The first-order valence-electron chi connectivity index (χ1n) is 9.90. The van der Waals surface area contributed by atoms with E-state index in [0.29, 0.717) is 45.4 Å². The van der Waals surface area contributed by atoms with Crippen LogP contribution in [0.15, 0.2) is 46.0 Å². The molecule has 31 heavy (non-hydrogen) atoms. The second-order valence-corrected chi connectivity index (χ2v) is 7.86. The van der Waals surface area contributed by atoms with Crippen molar-refractivity contribution in [2.75, 3.05) is 27.1 Å². The Morgan fingerprint density at radius 2 is 1.68 bits per heavy atom. The van der Waals surface area contributed by atoms with Crippen molar-refractivity contribution < 1.29 is 23.4 Å². The third-order valence-electron chi connectivity index (χ3n) is 5.06. The van der Waals surface area contributed by atoms with Crippen LogP contribution >= 0.6 is 11.8 Å². The molecule has 0 radical (unpaired) electrons. The van der Waals surface area contributed by atoms with Gasteiger partial charge in [-0.3, -0.25) is 4.79 Å². The maximum Gasteiger partial charge on any atom is 0.277 e. The lowest BCUT2D eigenvalue weighted by Crippen LogP contribution is -2.03. The van der Waals surface area contributed by atoms with Crippen molar-refractivity contribution in [3.05, 3.63) is 47.5 Å². The number of Topliss-reactive ketones (excluding diaryl/α,β-unsaturated/α-hetero) is 1. The van der Waals surface area contributed by atoms with Gasteiger partial charge in [0.1, 0.15) is 0 Å². The van der Waals surface area contributed by atoms with Crippen LogP contribution in [0.4, 0.5) is 0 Å². The fourth-order valence-electron chi connectivity index (χ4n) is 3.03. The number of hydrogen-bond acceptors (Lipinski definition) is 8. The summed E-state index contributed by atoms with van der Waals surface area (Å²) in [7, 11) is 4.62. The maximum absolute atomic E-state index is 12.5. The number of hydrogen-bond donors (Lipinski definition) is 0. The lowest BCUT2D eigenvalue weighted by atomic mass is 9.97. The predicted molar refractivity (Wildman–Crippen MR) is 120 cm³/mol. The van der Waals surface area contributed by atoms with Gasteiger partial charge in [0.05, 0.1) is 27.1 Å². The standard InChI is InChI=1S/C23H26N2O5S/c1-6-14(2)15-7-9-16(10-8-15)18(26)13-31-23-25-24-22(30-23)17-11-19(27-3)21(29-5)20(12-17)28-4/h7-12,14H,6,13H2,1-5H3. The third-order valence-corrected chi connectivity index (χ3v) is 5.88. The molecule has 1 atom stereocenters. The highest BCUT2D eigenvalue weighted by atomic mass is 32.2. The van der Waals surface area contributed by atoms with E-state index >= 15 is 0 Å². The molecule has 7 nitrogen and oxygen atoms in total. The average Bonchev–Trinajstić information content (AvgIpc) is 3.30. The molecule has 0 aliphatic heterocycles. The highest BCUT2D eigenvalue weighted by molar-refractivity contribution is 7.99. The fraction of sp³-hybridized carbons (Fsp3) is 0.348. The molecule has 0 spiro atoms. The first kappa shape index (κ1) is 22.7. The minimum absolute atomic E-state index is 0.00763. The molecule has 3 rings (SSSR count). The van der Waals surface area contributed by atoms with Gasteiger partial charge in [-0.15, -0.1) is 10.2 Å². The van der Waals surface area contributed by atoms with Crippen molar-refractivity contribution in [3.63, 3.8) is 0 Å². The van der Waals surface area contributed by atoms with Gasteiger partial charge in [-0.2, -0.15) is 0 Å². The summed E-state index contributed by atoms with van der Waals surface area (Å²) < 4.78 is 21.8. The summed E-state index contributed by atoms with van der Waals surface area (Å²) >= 11 is 1.20. The molecule has 8 heteroatoms. The molecule has 0 fully saturated rings. The number of nitrogens with zero attached hydrogens (tertiary/aromatic N) is 2. The lowest BCUT2D eigenvalue weighted by molar-refractivity contribution is 0.102. The van der Waals surface area contributed by atoms with E-state index in [9.17, 15) is 4.79 Å². The van der Waals surface area contributed by atoms with E-state index in [4.69, 9.17) is 18.6 Å². The third kappa shape index (κ3) is 5.19. The first-order valence-corrected chi connectivity index (χ1v) is 10.9. The lowest BCUT2D eigenvalue weighted by Gasteiger charge is -2.12. The molecule has 0 bridgehead atoms. The van der Waals surface area contributed by atoms with E-state index in [0.717, 1.165) is 6.42 Å². The van der Waals surface area contributed by atoms with Gasteiger partial charge < -0.3 is 18.6 Å². The molecule has 3 aromatic rings. The Morgan fingerprint density at radius 3 is 2.23 bits per heavy atom. The Kier molecular flexibility index (Phi) is 7.57. The minimum atomic E-state index is 0.00763. The molecule has 2 aromatic carbocycles. The SMILES string of the molecule is CCC(C)c1ccc(C(=O)CSc2nnc(-c3cc(OC)c(OC)c(OC)c3)o2)cc1. The molecule has 0 aliphatic carbocycles. The van der Waals surface area contributed by atoms with Crippen molar-refractivity contribution in [1.82, 2.24) is 10.2 Å². The zero-order chi connectivity index (χ0) is 22.4. The van der Waals surface area contributed by atoms with Gasteiger partial charge in [0.2, 0.25) is 11.6 Å². The number of rotatable bonds is 10. The van der Waals surface area contributed by atoms with Crippen LogP contribution in [-0.4, -0.2) is 43.1 Å². The van der Waals surface area contributed by atoms with Gasteiger partial charge in [0.25, 0.3) is 5.22 Å². The van der Waals surface area contributed by atoms with Gasteiger partial charge in [-0.05, 0) is 30.0 Å². The summed E-state index contributed by atoms with van der Waals surface area (Å²) in [6.45, 7) is 4.32. The molecule has 0 saturated carbocycles. The van der Waals surface area contributed by atoms with E-state index in [1.165, 1.54) is 38.7 Å². The van der Waals surface area contributed by atoms with Gasteiger partial charge in [0, 0.05) is 11.1 Å². The van der Waals surface area contributed by atoms with E-state index in [2.05, 4.69) is 24.0 Å². The smallest absolute Gasteiger partial charge is 0.277 e. The van der Waals surface area contributed by atoms with E-state index < -0.39 is 0 Å². The molecule has 1 aromatic heterocycles. The summed E-state index contributed by atoms with van der Waals surface area (Å²) in [6, 6.07) is 11.2. The summed E-state index contributed by atoms with van der Waals surface area (Å²) in [5.41, 5.74) is 2.53. The predicted octanol–water partition coefficient (Wildman–Crippen LogP) is 5.25. The largest absolute Gasteiger partial charge is 0.493 e. The number of aromatic nitrogens is 2. The number of carbonyl (C=O) groups excluding carboxylic acids is 1. The molecular formula is C23H26N2O5S. The zero-order valence-corrected chi connectivity index (χ0v) is 19.1. The van der Waals surface area contributed by atoms with Crippen molar-refractivity contribution >= 4 is 17.5 Å². The minimum Gasteiger partial charge on any atom is -0.493 e. The van der Waals surface area contributed by atoms with Crippen LogP contribution < -0.4 is 14.2 Å². The monoisotopic (exact) mass is 442 g/mol. The first-order chi connectivity index (χ1) is 15.0. The van der Waals surface area contributed by atoms with E-state index in [-0.39, 0.29) is 11.5 Å². The van der Waals surface area contributed by atoms with Gasteiger partial charge in [-0.1, -0.05) is 49.9 Å². The molecule has 0 amide bonds. The Labute approximate surface area is 186 Å². The van der Waals surface area contributed by atoms with E-state index in [1.54, 1.807) is 12.1 Å². The van der Waals surface area contributed by atoms with Crippen molar-refractivity contribution in [3.8, 4) is 28.7 Å². The second-order valence-electron chi connectivity index (χ2n) is 6.93. The van der Waals surface area contributed by atoms with Gasteiger partial charge >= 0.3 is 0 Å². The highest BCUT2D eigenvalue weighted by Gasteiger charge is 2.18. The zero-order valence-electron chi connectivity index (χ0n) is 18.3. The summed E-state index contributed by atoms with van der Waals surface area (Å²) in [5.74, 6) is 2.44. The Hall–Kier alpha value is -3.00. The number of ether oxygens (including phenoxy) is 3. The highest BCUT2D eigenvalue weighted by Crippen LogP contribution is 2.41. The molecule has 0 N–H and O–H groups in total. The average molecular weight is 443 g/mol. The molecule has 1 heterocycles. The van der Waals surface area contributed by atoms with Crippen LogP contribution in [0, 0.1) is 0 Å². The van der Waals surface area contributed by atoms with Crippen molar-refractivity contribution in [2.45, 2.75) is 31.4 Å². The van der Waals surface area contributed by atoms with E-state index in [1.807, 2.05) is 24.3 Å². The van der Waals surface area contributed by atoms with Crippen molar-refractivity contribution in [1.29, 1.82) is 0 Å². The van der Waals surface area contributed by atoms with Crippen LogP contribution in [0.3, 0.4) is 0 Å². The van der Waals surface area contributed by atoms with Crippen LogP contribution in [0.1, 0.15) is 42.1 Å². The van der Waals surface area contributed by atoms with Crippen LogP contribution in [0.2, 0.25) is 0 Å². The van der Waals surface area contributed by atoms with Gasteiger partial charge in [-0.25, -0.2) is 0 Å².